The van der Waals surface area contributed by atoms with Gasteiger partial charge in [0.25, 0.3) is 0 Å². The zero-order valence-electron chi connectivity index (χ0n) is 24.0. The molecule has 0 unspecified atom stereocenters. The van der Waals surface area contributed by atoms with Crippen LogP contribution < -0.4 is 19.1 Å². The summed E-state index contributed by atoms with van der Waals surface area (Å²) in [6, 6.07) is 13.5. The van der Waals surface area contributed by atoms with Crippen LogP contribution >= 0.6 is 0 Å². The van der Waals surface area contributed by atoms with E-state index in [2.05, 4.69) is 5.32 Å². The molecule has 2 amide bonds. The monoisotopic (exact) mass is 561 g/mol. The second-order valence-corrected chi connectivity index (χ2v) is 11.4. The van der Waals surface area contributed by atoms with Gasteiger partial charge >= 0.3 is 0 Å². The van der Waals surface area contributed by atoms with Crippen LogP contribution in [0.25, 0.3) is 0 Å². The van der Waals surface area contributed by atoms with Gasteiger partial charge < -0.3 is 19.7 Å². The highest BCUT2D eigenvalue weighted by atomic mass is 32.2. The summed E-state index contributed by atoms with van der Waals surface area (Å²) in [7, 11) is -1.99. The summed E-state index contributed by atoms with van der Waals surface area (Å²) >= 11 is 0. The van der Waals surface area contributed by atoms with Crippen LogP contribution in [0.4, 0.5) is 5.69 Å². The fourth-order valence-electron chi connectivity index (χ4n) is 4.17. The van der Waals surface area contributed by atoms with E-state index in [0.29, 0.717) is 36.6 Å². The third kappa shape index (κ3) is 9.76. The van der Waals surface area contributed by atoms with Gasteiger partial charge in [-0.3, -0.25) is 13.9 Å². The summed E-state index contributed by atoms with van der Waals surface area (Å²) in [6.45, 7) is 8.58. The number of carbonyl (C=O) groups is 2. The first-order valence-corrected chi connectivity index (χ1v) is 15.3. The molecule has 2 rings (SSSR count). The van der Waals surface area contributed by atoms with Gasteiger partial charge in [-0.15, -0.1) is 0 Å². The van der Waals surface area contributed by atoms with Crippen LogP contribution in [0.15, 0.2) is 48.5 Å². The lowest BCUT2D eigenvalue weighted by atomic mass is 10.1. The highest BCUT2D eigenvalue weighted by Gasteiger charge is 2.29. The Kier molecular flexibility index (Phi) is 12.6. The van der Waals surface area contributed by atoms with Gasteiger partial charge in [-0.05, 0) is 75.1 Å². The molecule has 0 fully saturated rings. The number of rotatable bonds is 16. The Labute approximate surface area is 233 Å². The minimum Gasteiger partial charge on any atom is -0.497 e. The lowest BCUT2D eigenvalue weighted by molar-refractivity contribution is -0.141. The van der Waals surface area contributed by atoms with Gasteiger partial charge in [0.1, 0.15) is 17.5 Å². The molecule has 0 aliphatic rings. The number of nitrogens with one attached hydrogen (secondary N) is 1. The van der Waals surface area contributed by atoms with Crippen LogP contribution in [0, 0.1) is 0 Å². The maximum Gasteiger partial charge on any atom is 0.243 e. The van der Waals surface area contributed by atoms with Crippen LogP contribution in [-0.2, 0) is 26.2 Å². The molecule has 0 saturated heterocycles. The van der Waals surface area contributed by atoms with Gasteiger partial charge in [0, 0.05) is 25.6 Å². The molecular weight excluding hydrogens is 518 g/mol. The number of amides is 2. The number of methoxy groups -OCH3 is 1. The Morgan fingerprint density at radius 2 is 1.56 bits per heavy atom. The highest BCUT2D eigenvalue weighted by molar-refractivity contribution is 7.92. The Morgan fingerprint density at radius 1 is 0.949 bits per heavy atom. The predicted molar refractivity (Wildman–Crippen MR) is 155 cm³/mol. The van der Waals surface area contributed by atoms with Gasteiger partial charge in [0.2, 0.25) is 21.8 Å². The third-order valence-electron chi connectivity index (χ3n) is 6.49. The van der Waals surface area contributed by atoms with Crippen molar-refractivity contribution in [1.29, 1.82) is 0 Å². The van der Waals surface area contributed by atoms with Crippen molar-refractivity contribution in [2.24, 2.45) is 0 Å². The summed E-state index contributed by atoms with van der Waals surface area (Å²) in [4.78, 5) is 28.3. The van der Waals surface area contributed by atoms with Gasteiger partial charge in [-0.25, -0.2) is 8.42 Å². The molecule has 0 radical (unpaired) electrons. The van der Waals surface area contributed by atoms with Crippen LogP contribution in [0.1, 0.15) is 58.9 Å². The van der Waals surface area contributed by atoms with Gasteiger partial charge in [-0.1, -0.05) is 26.0 Å². The SMILES string of the molecule is CCOc1ccc(N(CCCC(=O)N(Cc2ccc(OC)cc2)[C@@H](CC)C(=O)N[C@H](C)CC)S(C)(=O)=O)cc1. The van der Waals surface area contributed by atoms with Crippen molar-refractivity contribution in [3.05, 3.63) is 54.1 Å². The number of hydrogen-bond donors (Lipinski definition) is 1. The molecule has 10 heteroatoms. The van der Waals surface area contributed by atoms with Crippen molar-refractivity contribution in [2.45, 2.75) is 72.0 Å². The number of hydrogen-bond acceptors (Lipinski definition) is 6. The topological polar surface area (TPSA) is 105 Å². The zero-order valence-corrected chi connectivity index (χ0v) is 24.8. The van der Waals surface area contributed by atoms with Crippen LogP contribution in [0.5, 0.6) is 11.5 Å². The lowest BCUT2D eigenvalue weighted by Gasteiger charge is -2.32. The number of benzene rings is 2. The number of sulfonamides is 1. The summed E-state index contributed by atoms with van der Waals surface area (Å²) in [5.41, 5.74) is 1.37. The molecule has 2 aromatic carbocycles. The Hall–Kier alpha value is -3.27. The molecule has 39 heavy (non-hydrogen) atoms. The molecule has 0 bridgehead atoms. The maximum atomic E-state index is 13.6. The minimum absolute atomic E-state index is 0.0121. The Balaban J connectivity index is 2.21. The molecule has 0 aromatic heterocycles. The van der Waals surface area contributed by atoms with E-state index in [4.69, 9.17) is 9.47 Å². The van der Waals surface area contributed by atoms with E-state index in [0.717, 1.165) is 18.2 Å². The molecule has 1 N–H and O–H groups in total. The normalized spacial score (nSPS) is 12.8. The standard InChI is InChI=1S/C29H43N3O6S/c1-7-22(4)30-29(34)27(8-2)31(21-23-12-16-25(37-5)17-13-23)28(33)11-10-20-32(39(6,35)36)24-14-18-26(19-15-24)38-9-3/h12-19,22,27H,7-11,20-21H2,1-6H3,(H,30,34)/t22-,27+/m1/s1. The van der Waals surface area contributed by atoms with Crippen molar-refractivity contribution in [2.75, 3.05) is 30.8 Å². The Morgan fingerprint density at radius 3 is 2.08 bits per heavy atom. The number of anilines is 1. The van der Waals surface area contributed by atoms with E-state index >= 15 is 0 Å². The van der Waals surface area contributed by atoms with Crippen LogP contribution in [0.2, 0.25) is 0 Å². The molecule has 0 heterocycles. The fraction of sp³-hybridized carbons (Fsp3) is 0.517. The average molecular weight is 562 g/mol. The molecule has 0 aliphatic carbocycles. The van der Waals surface area contributed by atoms with Crippen molar-refractivity contribution in [3.63, 3.8) is 0 Å². The maximum absolute atomic E-state index is 13.6. The number of ether oxygens (including phenoxy) is 2. The van der Waals surface area contributed by atoms with E-state index < -0.39 is 16.1 Å². The summed E-state index contributed by atoms with van der Waals surface area (Å²) in [6.07, 6.45) is 2.76. The number of carbonyl (C=O) groups excluding carboxylic acids is 2. The fourth-order valence-corrected chi connectivity index (χ4v) is 5.13. The smallest absolute Gasteiger partial charge is 0.243 e. The van der Waals surface area contributed by atoms with E-state index in [-0.39, 0.29) is 37.4 Å². The highest BCUT2D eigenvalue weighted by Crippen LogP contribution is 2.23. The molecule has 0 spiro atoms. The second-order valence-electron chi connectivity index (χ2n) is 9.48. The third-order valence-corrected chi connectivity index (χ3v) is 7.68. The number of nitrogens with zero attached hydrogens (tertiary/aromatic N) is 2. The van der Waals surface area contributed by atoms with E-state index in [1.807, 2.05) is 52.0 Å². The molecule has 216 valence electrons. The first-order chi connectivity index (χ1) is 18.5. The largest absolute Gasteiger partial charge is 0.497 e. The summed E-state index contributed by atoms with van der Waals surface area (Å²) < 4.78 is 37.1. The van der Waals surface area contributed by atoms with Gasteiger partial charge in [-0.2, -0.15) is 0 Å². The lowest BCUT2D eigenvalue weighted by Crippen LogP contribution is -2.50. The Bertz CT molecular complexity index is 1150. The summed E-state index contributed by atoms with van der Waals surface area (Å²) in [5, 5.41) is 3.00. The van der Waals surface area contributed by atoms with E-state index in [9.17, 15) is 18.0 Å². The van der Waals surface area contributed by atoms with Crippen molar-refractivity contribution in [1.82, 2.24) is 10.2 Å². The quantitative estimate of drug-likeness (QED) is 0.327. The van der Waals surface area contributed by atoms with Crippen molar-refractivity contribution < 1.29 is 27.5 Å². The van der Waals surface area contributed by atoms with E-state index in [1.165, 1.54) is 4.31 Å². The summed E-state index contributed by atoms with van der Waals surface area (Å²) in [5.74, 6) is 0.951. The van der Waals surface area contributed by atoms with Crippen molar-refractivity contribution in [3.8, 4) is 11.5 Å². The van der Waals surface area contributed by atoms with Crippen LogP contribution in [-0.4, -0.2) is 63.7 Å². The molecule has 0 saturated carbocycles. The van der Waals surface area contributed by atoms with E-state index in [1.54, 1.807) is 36.3 Å². The minimum atomic E-state index is -3.58. The second kappa shape index (κ2) is 15.4. The van der Waals surface area contributed by atoms with Crippen molar-refractivity contribution >= 4 is 27.5 Å². The van der Waals surface area contributed by atoms with Crippen LogP contribution in [0.3, 0.4) is 0 Å². The molecule has 0 aliphatic heterocycles. The molecule has 2 atom stereocenters. The average Bonchev–Trinajstić information content (AvgIpc) is 2.91. The molecule has 2 aromatic rings. The van der Waals surface area contributed by atoms with Gasteiger partial charge in [0.15, 0.2) is 0 Å². The first-order valence-electron chi connectivity index (χ1n) is 13.5. The molecular formula is C29H43N3O6S. The van der Waals surface area contributed by atoms with Gasteiger partial charge in [0.05, 0.1) is 25.7 Å². The molecule has 9 nitrogen and oxygen atoms in total. The first kappa shape index (κ1) is 31.9. The predicted octanol–water partition coefficient (Wildman–Crippen LogP) is 4.36. The zero-order chi connectivity index (χ0) is 29.0.